The molecule has 0 aliphatic carbocycles. The standard InChI is InChI=1S/C17H16N2O4S/c1-11-8-12-4-2-3-5-15(12)19(10-11)24(21,22)13-6-7-14-16(9-13)23-17(20)18-14/h2-7,9,11H,8,10H2,1H3,(H,18,20). The SMILES string of the molecule is CC1Cc2ccccc2N(S(=O)(=O)c2ccc3[nH]c(=O)oc3c2)C1. The predicted octanol–water partition coefficient (Wildman–Crippen LogP) is 2.51. The van der Waals surface area contributed by atoms with Crippen LogP contribution in [0.3, 0.4) is 0 Å². The molecule has 1 aliphatic rings. The summed E-state index contributed by atoms with van der Waals surface area (Å²) >= 11 is 0. The third kappa shape index (κ3) is 2.32. The maximum atomic E-state index is 13.1. The molecule has 24 heavy (non-hydrogen) atoms. The molecule has 2 aromatic carbocycles. The lowest BCUT2D eigenvalue weighted by Crippen LogP contribution is -2.39. The average Bonchev–Trinajstić information content (AvgIpc) is 2.93. The van der Waals surface area contributed by atoms with Crippen molar-refractivity contribution in [3.05, 3.63) is 58.6 Å². The molecule has 1 N–H and O–H groups in total. The molecule has 0 radical (unpaired) electrons. The molecule has 0 fully saturated rings. The van der Waals surface area contributed by atoms with Crippen LogP contribution in [0.25, 0.3) is 11.1 Å². The zero-order chi connectivity index (χ0) is 16.9. The minimum Gasteiger partial charge on any atom is -0.408 e. The molecule has 0 spiro atoms. The van der Waals surface area contributed by atoms with Gasteiger partial charge < -0.3 is 4.42 Å². The molecule has 1 aromatic heterocycles. The predicted molar refractivity (Wildman–Crippen MR) is 90.7 cm³/mol. The number of anilines is 1. The number of aromatic nitrogens is 1. The Hall–Kier alpha value is -2.54. The number of hydrogen-bond acceptors (Lipinski definition) is 4. The van der Waals surface area contributed by atoms with E-state index in [1.165, 1.54) is 16.4 Å². The van der Waals surface area contributed by atoms with Crippen LogP contribution < -0.4 is 10.1 Å². The zero-order valence-corrected chi connectivity index (χ0v) is 13.8. The van der Waals surface area contributed by atoms with Crippen LogP contribution in [0.2, 0.25) is 0 Å². The number of para-hydroxylation sites is 1. The van der Waals surface area contributed by atoms with Crippen molar-refractivity contribution in [2.75, 3.05) is 10.8 Å². The van der Waals surface area contributed by atoms with Gasteiger partial charge in [0.1, 0.15) is 0 Å². The van der Waals surface area contributed by atoms with Crippen LogP contribution in [0.5, 0.6) is 0 Å². The van der Waals surface area contributed by atoms with Gasteiger partial charge in [0, 0.05) is 12.6 Å². The molecule has 1 aliphatic heterocycles. The number of rotatable bonds is 2. The van der Waals surface area contributed by atoms with Crippen LogP contribution in [0.15, 0.2) is 56.6 Å². The maximum absolute atomic E-state index is 13.1. The Balaban J connectivity index is 1.86. The first-order valence-electron chi connectivity index (χ1n) is 7.69. The van der Waals surface area contributed by atoms with E-state index in [9.17, 15) is 13.2 Å². The third-order valence-electron chi connectivity index (χ3n) is 4.29. The summed E-state index contributed by atoms with van der Waals surface area (Å²) in [7, 11) is -3.73. The van der Waals surface area contributed by atoms with Crippen LogP contribution in [0.1, 0.15) is 12.5 Å². The van der Waals surface area contributed by atoms with Gasteiger partial charge >= 0.3 is 5.76 Å². The molecule has 124 valence electrons. The molecule has 0 amide bonds. The van der Waals surface area contributed by atoms with Crippen molar-refractivity contribution in [1.82, 2.24) is 4.98 Å². The summed E-state index contributed by atoms with van der Waals surface area (Å²) in [5.41, 5.74) is 2.45. The Morgan fingerprint density at radius 2 is 2.00 bits per heavy atom. The first-order valence-corrected chi connectivity index (χ1v) is 9.13. The lowest BCUT2D eigenvalue weighted by atomic mass is 9.96. The van der Waals surface area contributed by atoms with Gasteiger partial charge in [0.15, 0.2) is 5.58 Å². The van der Waals surface area contributed by atoms with Gasteiger partial charge in [-0.1, -0.05) is 25.1 Å². The van der Waals surface area contributed by atoms with Crippen LogP contribution in [-0.4, -0.2) is 19.9 Å². The Morgan fingerprint density at radius 1 is 1.21 bits per heavy atom. The largest absolute Gasteiger partial charge is 0.417 e. The number of hydrogen-bond donors (Lipinski definition) is 1. The van der Waals surface area contributed by atoms with Gasteiger partial charge in [0.05, 0.1) is 16.1 Å². The second kappa shape index (κ2) is 5.24. The quantitative estimate of drug-likeness (QED) is 0.774. The number of oxazole rings is 1. The first-order chi connectivity index (χ1) is 11.4. The fraction of sp³-hybridized carbons (Fsp3) is 0.235. The third-order valence-corrected chi connectivity index (χ3v) is 6.06. The second-order valence-electron chi connectivity index (χ2n) is 6.15. The Morgan fingerprint density at radius 3 is 2.83 bits per heavy atom. The molecule has 1 unspecified atom stereocenters. The van der Waals surface area contributed by atoms with E-state index in [1.54, 1.807) is 6.07 Å². The van der Waals surface area contributed by atoms with Crippen LogP contribution in [-0.2, 0) is 16.4 Å². The second-order valence-corrected chi connectivity index (χ2v) is 8.01. The van der Waals surface area contributed by atoms with Gasteiger partial charge in [-0.05, 0) is 36.1 Å². The van der Waals surface area contributed by atoms with Crippen LogP contribution in [0, 0.1) is 5.92 Å². The molecule has 6 nitrogen and oxygen atoms in total. The van der Waals surface area contributed by atoms with Gasteiger partial charge in [0.25, 0.3) is 10.0 Å². The van der Waals surface area contributed by atoms with Gasteiger partial charge in [-0.2, -0.15) is 0 Å². The highest BCUT2D eigenvalue weighted by molar-refractivity contribution is 7.92. The van der Waals surface area contributed by atoms with Crippen LogP contribution in [0.4, 0.5) is 5.69 Å². The molecule has 0 saturated heterocycles. The lowest BCUT2D eigenvalue weighted by Gasteiger charge is -2.33. The number of fused-ring (bicyclic) bond motifs is 2. The zero-order valence-electron chi connectivity index (χ0n) is 13.0. The fourth-order valence-electron chi connectivity index (χ4n) is 3.19. The first kappa shape index (κ1) is 15.0. The van der Waals surface area contributed by atoms with Crippen molar-refractivity contribution in [3.63, 3.8) is 0 Å². The average molecular weight is 344 g/mol. The van der Waals surface area contributed by atoms with E-state index in [1.807, 2.05) is 31.2 Å². The summed E-state index contributed by atoms with van der Waals surface area (Å²) in [6.07, 6.45) is 0.855. The minimum atomic E-state index is -3.73. The highest BCUT2D eigenvalue weighted by atomic mass is 32.2. The molecule has 7 heteroatoms. The summed E-state index contributed by atoms with van der Waals surface area (Å²) in [6, 6.07) is 12.0. The van der Waals surface area contributed by atoms with E-state index in [0.29, 0.717) is 17.7 Å². The van der Waals surface area contributed by atoms with E-state index >= 15 is 0 Å². The summed E-state index contributed by atoms with van der Waals surface area (Å²) in [4.78, 5) is 13.9. The Labute approximate surface area is 138 Å². The molecular weight excluding hydrogens is 328 g/mol. The molecule has 3 aromatic rings. The number of aromatic amines is 1. The van der Waals surface area contributed by atoms with Crippen molar-refractivity contribution in [2.24, 2.45) is 5.92 Å². The van der Waals surface area contributed by atoms with Crippen molar-refractivity contribution in [1.29, 1.82) is 0 Å². The van der Waals surface area contributed by atoms with Gasteiger partial charge in [-0.15, -0.1) is 0 Å². The lowest BCUT2D eigenvalue weighted by molar-refractivity contribution is 0.543. The number of nitrogens with zero attached hydrogens (tertiary/aromatic N) is 1. The highest BCUT2D eigenvalue weighted by Gasteiger charge is 2.31. The molecule has 0 saturated carbocycles. The van der Waals surface area contributed by atoms with Gasteiger partial charge in [-0.3, -0.25) is 9.29 Å². The van der Waals surface area contributed by atoms with Crippen molar-refractivity contribution in [2.45, 2.75) is 18.2 Å². The summed E-state index contributed by atoms with van der Waals surface area (Å²) in [5, 5.41) is 0. The van der Waals surface area contributed by atoms with E-state index in [4.69, 9.17) is 4.42 Å². The normalized spacial score (nSPS) is 17.9. The van der Waals surface area contributed by atoms with Crippen molar-refractivity contribution < 1.29 is 12.8 Å². The summed E-state index contributed by atoms with van der Waals surface area (Å²) in [5.74, 6) is -0.375. The molecule has 0 bridgehead atoms. The van der Waals surface area contributed by atoms with E-state index < -0.39 is 15.8 Å². The smallest absolute Gasteiger partial charge is 0.408 e. The van der Waals surface area contributed by atoms with Crippen molar-refractivity contribution >= 4 is 26.8 Å². The van der Waals surface area contributed by atoms with Gasteiger partial charge in [0.2, 0.25) is 0 Å². The Kier molecular flexibility index (Phi) is 3.28. The van der Waals surface area contributed by atoms with Gasteiger partial charge in [-0.25, -0.2) is 13.2 Å². The van der Waals surface area contributed by atoms with E-state index in [-0.39, 0.29) is 16.4 Å². The van der Waals surface area contributed by atoms with Crippen LogP contribution >= 0.6 is 0 Å². The van der Waals surface area contributed by atoms with E-state index in [0.717, 1.165) is 12.0 Å². The van der Waals surface area contributed by atoms with Crippen molar-refractivity contribution in [3.8, 4) is 0 Å². The molecule has 4 rings (SSSR count). The van der Waals surface area contributed by atoms with E-state index in [2.05, 4.69) is 4.98 Å². The minimum absolute atomic E-state index is 0.113. The maximum Gasteiger partial charge on any atom is 0.417 e. The fourth-order valence-corrected chi connectivity index (χ4v) is 4.83. The number of benzene rings is 2. The number of sulfonamides is 1. The summed E-state index contributed by atoms with van der Waals surface area (Å²) in [6.45, 7) is 2.46. The molecular formula is C17H16N2O4S. The highest BCUT2D eigenvalue weighted by Crippen LogP contribution is 2.34. The summed E-state index contributed by atoms with van der Waals surface area (Å²) < 4.78 is 32.7. The molecule has 1 atom stereocenters. The monoisotopic (exact) mass is 344 g/mol. The topological polar surface area (TPSA) is 83.4 Å². The number of nitrogens with one attached hydrogen (secondary N) is 1. The number of H-pyrrole nitrogens is 1. The molecule has 2 heterocycles. The Bertz CT molecular complexity index is 1080.